The van der Waals surface area contributed by atoms with E-state index in [2.05, 4.69) is 5.32 Å². The van der Waals surface area contributed by atoms with Crippen molar-refractivity contribution < 1.29 is 14.0 Å². The number of hydrogen-bond acceptors (Lipinski definition) is 2. The molecule has 0 radical (unpaired) electrons. The average Bonchev–Trinajstić information content (AvgIpc) is 2.63. The minimum Gasteiger partial charge on any atom is -0.330 e. The van der Waals surface area contributed by atoms with Gasteiger partial charge in [0.25, 0.3) is 0 Å². The van der Waals surface area contributed by atoms with Gasteiger partial charge in [0.15, 0.2) is 0 Å². The van der Waals surface area contributed by atoms with Crippen LogP contribution in [0.3, 0.4) is 0 Å². The lowest BCUT2D eigenvalue weighted by atomic mass is 9.94. The molecule has 2 aromatic rings. The van der Waals surface area contributed by atoms with Gasteiger partial charge in [0.1, 0.15) is 12.4 Å². The van der Waals surface area contributed by atoms with E-state index in [1.165, 1.54) is 24.3 Å². The van der Waals surface area contributed by atoms with Crippen molar-refractivity contribution in [2.75, 3.05) is 11.9 Å². The zero-order valence-corrected chi connectivity index (χ0v) is 15.4. The number of halogens is 1. The summed E-state index contributed by atoms with van der Waals surface area (Å²) in [4.78, 5) is 27.0. The Morgan fingerprint density at radius 2 is 1.65 bits per heavy atom. The van der Waals surface area contributed by atoms with Gasteiger partial charge in [-0.15, -0.1) is 0 Å². The molecule has 4 nitrogen and oxygen atoms in total. The van der Waals surface area contributed by atoms with Gasteiger partial charge >= 0.3 is 0 Å². The standard InChI is InChI=1S/C21H25FN2O2/c1-4-19(16-8-6-5-7-9-16)21(26)24(15(2)3)14-20(25)23-18-12-10-17(22)11-13-18/h5-13,15,19H,4,14H2,1-3H3,(H,23,25). The Morgan fingerprint density at radius 1 is 1.04 bits per heavy atom. The molecule has 1 N–H and O–H groups in total. The molecule has 138 valence electrons. The third-order valence-electron chi connectivity index (χ3n) is 4.26. The summed E-state index contributed by atoms with van der Waals surface area (Å²) in [5.41, 5.74) is 1.45. The molecule has 1 atom stereocenters. The van der Waals surface area contributed by atoms with Crippen LogP contribution < -0.4 is 5.32 Å². The molecule has 0 saturated heterocycles. The van der Waals surface area contributed by atoms with Crippen molar-refractivity contribution in [2.24, 2.45) is 0 Å². The van der Waals surface area contributed by atoms with E-state index >= 15 is 0 Å². The first kappa shape index (κ1) is 19.6. The van der Waals surface area contributed by atoms with Gasteiger partial charge in [-0.1, -0.05) is 37.3 Å². The van der Waals surface area contributed by atoms with E-state index in [4.69, 9.17) is 0 Å². The van der Waals surface area contributed by atoms with Crippen LogP contribution in [0.2, 0.25) is 0 Å². The van der Waals surface area contributed by atoms with Crippen molar-refractivity contribution in [1.82, 2.24) is 4.90 Å². The second-order valence-electron chi connectivity index (χ2n) is 6.49. The fourth-order valence-corrected chi connectivity index (χ4v) is 2.84. The van der Waals surface area contributed by atoms with Gasteiger partial charge in [-0.3, -0.25) is 9.59 Å². The summed E-state index contributed by atoms with van der Waals surface area (Å²) in [6, 6.07) is 15.0. The fourth-order valence-electron chi connectivity index (χ4n) is 2.84. The van der Waals surface area contributed by atoms with Gasteiger partial charge < -0.3 is 10.2 Å². The zero-order chi connectivity index (χ0) is 19.1. The van der Waals surface area contributed by atoms with Crippen LogP contribution >= 0.6 is 0 Å². The topological polar surface area (TPSA) is 49.4 Å². The zero-order valence-electron chi connectivity index (χ0n) is 15.4. The molecule has 0 aliphatic heterocycles. The second kappa shape index (κ2) is 9.13. The highest BCUT2D eigenvalue weighted by Crippen LogP contribution is 2.23. The summed E-state index contributed by atoms with van der Waals surface area (Å²) in [5.74, 6) is -1.02. The van der Waals surface area contributed by atoms with Crippen molar-refractivity contribution in [2.45, 2.75) is 39.2 Å². The molecule has 26 heavy (non-hydrogen) atoms. The van der Waals surface area contributed by atoms with E-state index in [0.717, 1.165) is 5.56 Å². The van der Waals surface area contributed by atoms with Gasteiger partial charge in [0, 0.05) is 11.7 Å². The molecule has 2 amide bonds. The van der Waals surface area contributed by atoms with Crippen LogP contribution in [0.4, 0.5) is 10.1 Å². The molecular formula is C21H25FN2O2. The molecule has 0 spiro atoms. The summed E-state index contributed by atoms with van der Waals surface area (Å²) < 4.78 is 13.0. The quantitative estimate of drug-likeness (QED) is 0.808. The molecule has 0 aliphatic rings. The molecule has 0 saturated carbocycles. The maximum Gasteiger partial charge on any atom is 0.244 e. The number of rotatable bonds is 7. The van der Waals surface area contributed by atoms with Crippen molar-refractivity contribution in [1.29, 1.82) is 0 Å². The van der Waals surface area contributed by atoms with Crippen molar-refractivity contribution in [3.63, 3.8) is 0 Å². The normalized spacial score (nSPS) is 11.9. The third kappa shape index (κ3) is 5.15. The monoisotopic (exact) mass is 356 g/mol. The van der Waals surface area contributed by atoms with Crippen LogP contribution in [0.5, 0.6) is 0 Å². The SMILES string of the molecule is CCC(C(=O)N(CC(=O)Nc1ccc(F)cc1)C(C)C)c1ccccc1. The summed E-state index contributed by atoms with van der Waals surface area (Å²) in [7, 11) is 0. The van der Waals surface area contributed by atoms with Crippen LogP contribution in [0.25, 0.3) is 0 Å². The van der Waals surface area contributed by atoms with Crippen molar-refractivity contribution in [3.05, 3.63) is 66.0 Å². The number of nitrogens with zero attached hydrogens (tertiary/aromatic N) is 1. The number of amides is 2. The number of benzene rings is 2. The largest absolute Gasteiger partial charge is 0.330 e. The molecule has 0 heterocycles. The lowest BCUT2D eigenvalue weighted by molar-refractivity contribution is -0.137. The van der Waals surface area contributed by atoms with Crippen LogP contribution in [0.1, 0.15) is 38.7 Å². The number of carbonyl (C=O) groups is 2. The van der Waals surface area contributed by atoms with Crippen molar-refractivity contribution in [3.8, 4) is 0 Å². The average molecular weight is 356 g/mol. The number of anilines is 1. The van der Waals surface area contributed by atoms with E-state index in [-0.39, 0.29) is 36.1 Å². The molecule has 0 aromatic heterocycles. The summed E-state index contributed by atoms with van der Waals surface area (Å²) in [6.45, 7) is 5.70. The Bertz CT molecular complexity index is 729. The molecule has 2 aromatic carbocycles. The molecule has 0 aliphatic carbocycles. The van der Waals surface area contributed by atoms with Gasteiger partial charge in [0.05, 0.1) is 5.92 Å². The Morgan fingerprint density at radius 3 is 2.19 bits per heavy atom. The number of hydrogen-bond donors (Lipinski definition) is 1. The van der Waals surface area contributed by atoms with Crippen molar-refractivity contribution >= 4 is 17.5 Å². The second-order valence-corrected chi connectivity index (χ2v) is 6.49. The van der Waals surface area contributed by atoms with E-state index in [1.807, 2.05) is 51.1 Å². The fraction of sp³-hybridized carbons (Fsp3) is 0.333. The third-order valence-corrected chi connectivity index (χ3v) is 4.26. The van der Waals surface area contributed by atoms with Crippen LogP contribution in [0, 0.1) is 5.82 Å². The Hall–Kier alpha value is -2.69. The molecule has 5 heteroatoms. The van der Waals surface area contributed by atoms with E-state index in [9.17, 15) is 14.0 Å². The maximum atomic E-state index is 13.0. The van der Waals surface area contributed by atoms with E-state index < -0.39 is 0 Å². The first-order valence-corrected chi connectivity index (χ1v) is 8.83. The van der Waals surface area contributed by atoms with Gasteiger partial charge in [-0.2, -0.15) is 0 Å². The maximum absolute atomic E-state index is 13.0. The number of nitrogens with one attached hydrogen (secondary N) is 1. The molecule has 1 unspecified atom stereocenters. The summed E-state index contributed by atoms with van der Waals surface area (Å²) in [5, 5.41) is 2.71. The highest BCUT2D eigenvalue weighted by molar-refractivity contribution is 5.95. The van der Waals surface area contributed by atoms with E-state index in [0.29, 0.717) is 12.1 Å². The molecule has 2 rings (SSSR count). The highest BCUT2D eigenvalue weighted by Gasteiger charge is 2.27. The lowest BCUT2D eigenvalue weighted by Gasteiger charge is -2.30. The smallest absolute Gasteiger partial charge is 0.244 e. The number of carbonyl (C=O) groups excluding carboxylic acids is 2. The molecule has 0 fully saturated rings. The summed E-state index contributed by atoms with van der Waals surface area (Å²) >= 11 is 0. The minimum absolute atomic E-state index is 0.0444. The van der Waals surface area contributed by atoms with Gasteiger partial charge in [-0.05, 0) is 50.1 Å². The van der Waals surface area contributed by atoms with Crippen LogP contribution in [-0.4, -0.2) is 29.3 Å². The first-order valence-electron chi connectivity index (χ1n) is 8.83. The molecular weight excluding hydrogens is 331 g/mol. The highest BCUT2D eigenvalue weighted by atomic mass is 19.1. The van der Waals surface area contributed by atoms with Gasteiger partial charge in [-0.25, -0.2) is 4.39 Å². The predicted molar refractivity (Wildman–Crippen MR) is 101 cm³/mol. The van der Waals surface area contributed by atoms with Crippen LogP contribution in [-0.2, 0) is 9.59 Å². The molecule has 0 bridgehead atoms. The van der Waals surface area contributed by atoms with E-state index in [1.54, 1.807) is 4.90 Å². The Balaban J connectivity index is 2.10. The predicted octanol–water partition coefficient (Wildman–Crippen LogP) is 4.20. The first-order chi connectivity index (χ1) is 12.4. The lowest BCUT2D eigenvalue weighted by Crippen LogP contribution is -2.44. The van der Waals surface area contributed by atoms with Crippen LogP contribution in [0.15, 0.2) is 54.6 Å². The summed E-state index contributed by atoms with van der Waals surface area (Å²) in [6.07, 6.45) is 0.658. The minimum atomic E-state index is -0.365. The Labute approximate surface area is 154 Å². The Kier molecular flexibility index (Phi) is 6.89. The van der Waals surface area contributed by atoms with Gasteiger partial charge in [0.2, 0.25) is 11.8 Å².